The van der Waals surface area contributed by atoms with Crippen LogP contribution in [-0.2, 0) is 22.5 Å². The maximum absolute atomic E-state index is 13.6. The van der Waals surface area contributed by atoms with Crippen LogP contribution in [0.2, 0.25) is 0 Å². The first kappa shape index (κ1) is 23.0. The van der Waals surface area contributed by atoms with Crippen LogP contribution < -0.4 is 5.32 Å². The minimum absolute atomic E-state index is 0.335. The minimum atomic E-state index is -0.901. The number of anilines is 1. The Labute approximate surface area is 204 Å². The molecule has 1 aliphatic rings. The number of nitrogens with one attached hydrogen (secondary N) is 1. The number of ether oxygens (including phenoxy) is 1. The lowest BCUT2D eigenvalue weighted by molar-refractivity contribution is -0.124. The molecule has 5 rings (SSSR count). The Morgan fingerprint density at radius 3 is 2.60 bits per heavy atom. The number of rotatable bonds is 6. The zero-order valence-electron chi connectivity index (χ0n) is 20.1. The SMILES string of the molecule is CCC(OC(=O)c1c2c(nc3ccccc13)CCN(CC)C2)C(=O)Nc1ccc2ccccc2c1. The van der Waals surface area contributed by atoms with Crippen LogP contribution in [0, 0.1) is 0 Å². The van der Waals surface area contributed by atoms with Gasteiger partial charge in [-0.1, -0.05) is 62.4 Å². The summed E-state index contributed by atoms with van der Waals surface area (Å²) in [4.78, 5) is 33.8. The van der Waals surface area contributed by atoms with Gasteiger partial charge >= 0.3 is 5.97 Å². The van der Waals surface area contributed by atoms with Crippen LogP contribution >= 0.6 is 0 Å². The number of hydrogen-bond acceptors (Lipinski definition) is 5. The van der Waals surface area contributed by atoms with E-state index in [-0.39, 0.29) is 5.91 Å². The van der Waals surface area contributed by atoms with Gasteiger partial charge in [0.25, 0.3) is 5.91 Å². The molecule has 1 amide bonds. The van der Waals surface area contributed by atoms with Crippen molar-refractivity contribution in [3.63, 3.8) is 0 Å². The fourth-order valence-electron chi connectivity index (χ4n) is 4.75. The number of aromatic nitrogens is 1. The third-order valence-corrected chi connectivity index (χ3v) is 6.71. The summed E-state index contributed by atoms with van der Waals surface area (Å²) in [5.41, 5.74) is 3.83. The lowest BCUT2D eigenvalue weighted by Crippen LogP contribution is -2.35. The molecule has 0 spiro atoms. The molecular formula is C29H29N3O3. The fourth-order valence-corrected chi connectivity index (χ4v) is 4.75. The number of carbonyl (C=O) groups is 2. The molecule has 0 bridgehead atoms. The molecule has 1 N–H and O–H groups in total. The van der Waals surface area contributed by atoms with Crippen molar-refractivity contribution in [1.82, 2.24) is 9.88 Å². The first-order valence-corrected chi connectivity index (χ1v) is 12.2. The summed E-state index contributed by atoms with van der Waals surface area (Å²) in [6.45, 7) is 6.41. The second kappa shape index (κ2) is 9.84. The van der Waals surface area contributed by atoms with E-state index in [1.165, 1.54) is 0 Å². The number of amides is 1. The number of benzene rings is 3. The molecule has 0 radical (unpaired) electrons. The molecule has 1 aliphatic heterocycles. The molecule has 6 heteroatoms. The maximum Gasteiger partial charge on any atom is 0.340 e. The highest BCUT2D eigenvalue weighted by molar-refractivity contribution is 6.06. The van der Waals surface area contributed by atoms with Gasteiger partial charge in [-0.3, -0.25) is 14.7 Å². The van der Waals surface area contributed by atoms with E-state index in [0.29, 0.717) is 24.2 Å². The van der Waals surface area contributed by atoms with E-state index < -0.39 is 12.1 Å². The van der Waals surface area contributed by atoms with Gasteiger partial charge < -0.3 is 10.1 Å². The van der Waals surface area contributed by atoms with Crippen LogP contribution in [0.25, 0.3) is 21.7 Å². The standard InChI is InChI=1S/C29H29N3O3/c1-3-26(28(33)30-21-14-13-19-9-5-6-10-20(19)17-21)35-29(34)27-22-11-7-8-12-24(22)31-25-15-16-32(4-2)18-23(25)27/h5-14,17,26H,3-4,15-16,18H2,1-2H3,(H,30,33). The number of fused-ring (bicyclic) bond motifs is 3. The van der Waals surface area contributed by atoms with Crippen LogP contribution in [0.4, 0.5) is 5.69 Å². The first-order valence-electron chi connectivity index (χ1n) is 12.2. The molecule has 1 atom stereocenters. The molecule has 0 saturated carbocycles. The summed E-state index contributed by atoms with van der Waals surface area (Å²) in [6.07, 6.45) is 0.258. The maximum atomic E-state index is 13.6. The topological polar surface area (TPSA) is 71.5 Å². The number of carbonyl (C=O) groups excluding carboxylic acids is 2. The van der Waals surface area contributed by atoms with E-state index in [1.807, 2.05) is 73.7 Å². The summed E-state index contributed by atoms with van der Waals surface area (Å²) < 4.78 is 5.85. The van der Waals surface area contributed by atoms with Gasteiger partial charge in [-0.15, -0.1) is 0 Å². The predicted molar refractivity (Wildman–Crippen MR) is 138 cm³/mol. The normalized spacial score (nSPS) is 14.5. The van der Waals surface area contributed by atoms with Crippen molar-refractivity contribution in [3.8, 4) is 0 Å². The first-order chi connectivity index (χ1) is 17.1. The quantitative estimate of drug-likeness (QED) is 0.388. The molecule has 1 aromatic heterocycles. The largest absolute Gasteiger partial charge is 0.449 e. The monoisotopic (exact) mass is 467 g/mol. The van der Waals surface area contributed by atoms with Gasteiger partial charge in [0.1, 0.15) is 0 Å². The van der Waals surface area contributed by atoms with Crippen molar-refractivity contribution >= 4 is 39.2 Å². The Hall–Kier alpha value is -3.77. The molecule has 0 fully saturated rings. The van der Waals surface area contributed by atoms with Gasteiger partial charge in [-0.05, 0) is 41.9 Å². The molecule has 35 heavy (non-hydrogen) atoms. The highest BCUT2D eigenvalue weighted by Gasteiger charge is 2.29. The van der Waals surface area contributed by atoms with Gasteiger partial charge in [0.2, 0.25) is 0 Å². The molecule has 2 heterocycles. The molecule has 6 nitrogen and oxygen atoms in total. The summed E-state index contributed by atoms with van der Waals surface area (Å²) in [5, 5.41) is 5.81. The van der Waals surface area contributed by atoms with Crippen molar-refractivity contribution < 1.29 is 14.3 Å². The molecular weight excluding hydrogens is 438 g/mol. The molecule has 0 saturated heterocycles. The highest BCUT2D eigenvalue weighted by Crippen LogP contribution is 2.29. The smallest absolute Gasteiger partial charge is 0.340 e. The lowest BCUT2D eigenvalue weighted by atomic mass is 9.95. The van der Waals surface area contributed by atoms with Crippen LogP contribution in [0.15, 0.2) is 66.7 Å². The molecule has 0 aliphatic carbocycles. The fraction of sp³-hybridized carbons (Fsp3) is 0.276. The summed E-state index contributed by atoms with van der Waals surface area (Å²) in [7, 11) is 0. The summed E-state index contributed by atoms with van der Waals surface area (Å²) in [5.74, 6) is -0.808. The number of likely N-dealkylation sites (N-methyl/N-ethyl adjacent to an activating group) is 1. The number of para-hydroxylation sites is 1. The van der Waals surface area contributed by atoms with Gasteiger partial charge in [0.15, 0.2) is 6.10 Å². The second-order valence-electron chi connectivity index (χ2n) is 8.90. The van der Waals surface area contributed by atoms with Gasteiger partial charge in [0, 0.05) is 41.8 Å². The van der Waals surface area contributed by atoms with E-state index >= 15 is 0 Å². The van der Waals surface area contributed by atoms with Crippen molar-refractivity contribution in [2.75, 3.05) is 18.4 Å². The van der Waals surface area contributed by atoms with E-state index in [2.05, 4.69) is 17.1 Å². The zero-order valence-corrected chi connectivity index (χ0v) is 20.1. The van der Waals surface area contributed by atoms with E-state index in [4.69, 9.17) is 9.72 Å². The Balaban J connectivity index is 1.42. The molecule has 4 aromatic rings. The average molecular weight is 468 g/mol. The van der Waals surface area contributed by atoms with Gasteiger partial charge in [0.05, 0.1) is 11.1 Å². The number of pyridine rings is 1. The summed E-state index contributed by atoms with van der Waals surface area (Å²) in [6, 6.07) is 21.4. The van der Waals surface area contributed by atoms with Crippen molar-refractivity contribution in [3.05, 3.63) is 83.6 Å². The van der Waals surface area contributed by atoms with Crippen molar-refractivity contribution in [2.24, 2.45) is 0 Å². The molecule has 1 unspecified atom stereocenters. The average Bonchev–Trinajstić information content (AvgIpc) is 2.89. The minimum Gasteiger partial charge on any atom is -0.449 e. The van der Waals surface area contributed by atoms with E-state index in [0.717, 1.165) is 52.4 Å². The Morgan fingerprint density at radius 1 is 1.03 bits per heavy atom. The van der Waals surface area contributed by atoms with Gasteiger partial charge in [-0.2, -0.15) is 0 Å². The Morgan fingerprint density at radius 2 is 1.80 bits per heavy atom. The van der Waals surface area contributed by atoms with Crippen molar-refractivity contribution in [2.45, 2.75) is 39.3 Å². The second-order valence-corrected chi connectivity index (χ2v) is 8.90. The zero-order chi connectivity index (χ0) is 24.4. The Bertz CT molecular complexity index is 1420. The van der Waals surface area contributed by atoms with Crippen LogP contribution in [0.1, 0.15) is 41.9 Å². The van der Waals surface area contributed by atoms with Crippen LogP contribution in [0.5, 0.6) is 0 Å². The molecule has 178 valence electrons. The third-order valence-electron chi connectivity index (χ3n) is 6.71. The van der Waals surface area contributed by atoms with Crippen LogP contribution in [0.3, 0.4) is 0 Å². The summed E-state index contributed by atoms with van der Waals surface area (Å²) >= 11 is 0. The number of esters is 1. The van der Waals surface area contributed by atoms with Crippen LogP contribution in [-0.4, -0.2) is 41.0 Å². The number of nitrogens with zero attached hydrogens (tertiary/aromatic N) is 2. The lowest BCUT2D eigenvalue weighted by Gasteiger charge is -2.29. The predicted octanol–water partition coefficient (Wildman–Crippen LogP) is 5.34. The van der Waals surface area contributed by atoms with Crippen molar-refractivity contribution in [1.29, 1.82) is 0 Å². The third kappa shape index (κ3) is 4.62. The Kier molecular flexibility index (Phi) is 6.47. The van der Waals surface area contributed by atoms with E-state index in [9.17, 15) is 9.59 Å². The molecule has 3 aromatic carbocycles. The van der Waals surface area contributed by atoms with E-state index in [1.54, 1.807) is 0 Å². The highest BCUT2D eigenvalue weighted by atomic mass is 16.5. The number of hydrogen-bond donors (Lipinski definition) is 1. The van der Waals surface area contributed by atoms with Gasteiger partial charge in [-0.25, -0.2) is 4.79 Å².